The minimum atomic E-state index is -0.621. The third-order valence-corrected chi connectivity index (χ3v) is 7.77. The molecule has 1 aliphatic rings. The number of imide groups is 1. The second-order valence-corrected chi connectivity index (χ2v) is 10.9. The van der Waals surface area contributed by atoms with E-state index in [-0.39, 0.29) is 36.8 Å². The molecule has 232 valence electrons. The van der Waals surface area contributed by atoms with E-state index in [0.717, 1.165) is 16.7 Å². The molecule has 3 amide bonds. The average molecular weight is 611 g/mol. The average Bonchev–Trinajstić information content (AvgIpc) is 3.43. The zero-order valence-electron chi connectivity index (χ0n) is 25.2. The Morgan fingerprint density at radius 1 is 0.933 bits per heavy atom. The first kappa shape index (κ1) is 31.3. The largest absolute Gasteiger partial charge is 0.496 e. The number of nitrogens with zero attached hydrogens (tertiary/aromatic N) is 1. The highest BCUT2D eigenvalue weighted by Crippen LogP contribution is 2.27. The topological polar surface area (TPSA) is 94.2 Å². The maximum Gasteiger partial charge on any atom is 0.416 e. The van der Waals surface area contributed by atoms with Crippen molar-refractivity contribution in [3.63, 3.8) is 0 Å². The Labute approximate surface area is 261 Å². The van der Waals surface area contributed by atoms with E-state index >= 15 is 0 Å². The number of carbonyl (C=O) groups is 3. The highest BCUT2D eigenvalue weighted by molar-refractivity contribution is 5.97. The lowest BCUT2D eigenvalue weighted by Crippen LogP contribution is -2.44. The first-order valence-corrected chi connectivity index (χ1v) is 14.9. The summed E-state index contributed by atoms with van der Waals surface area (Å²) < 4.78 is 29.6. The van der Waals surface area contributed by atoms with Crippen LogP contribution in [0.4, 0.5) is 9.18 Å². The lowest BCUT2D eigenvalue weighted by Gasteiger charge is -2.24. The number of benzene rings is 4. The van der Waals surface area contributed by atoms with Crippen LogP contribution in [-0.4, -0.2) is 42.6 Å². The fourth-order valence-corrected chi connectivity index (χ4v) is 5.31. The van der Waals surface area contributed by atoms with Gasteiger partial charge in [-0.25, -0.2) is 14.1 Å². The number of carbonyl (C=O) groups excluding carboxylic acids is 3. The Hall–Kier alpha value is -5.18. The van der Waals surface area contributed by atoms with Gasteiger partial charge in [-0.05, 0) is 84.5 Å². The first-order chi connectivity index (χ1) is 21.8. The molecule has 0 spiro atoms. The zero-order chi connectivity index (χ0) is 31.8. The van der Waals surface area contributed by atoms with Gasteiger partial charge in [0.25, 0.3) is 5.91 Å². The van der Waals surface area contributed by atoms with Gasteiger partial charge in [0.15, 0.2) is 0 Å². The molecule has 0 aliphatic carbocycles. The van der Waals surface area contributed by atoms with Crippen molar-refractivity contribution >= 4 is 17.9 Å². The normalized spacial score (nSPS) is 14.9. The van der Waals surface area contributed by atoms with Crippen molar-refractivity contribution in [2.45, 2.75) is 38.8 Å². The molecule has 1 N–H and O–H groups in total. The number of methoxy groups -OCH3 is 1. The molecule has 1 aliphatic heterocycles. The molecule has 0 unspecified atom stereocenters. The van der Waals surface area contributed by atoms with E-state index in [1.807, 2.05) is 55.5 Å². The Kier molecular flexibility index (Phi) is 10.1. The van der Waals surface area contributed by atoms with Gasteiger partial charge in [0.1, 0.15) is 29.7 Å². The number of amides is 3. The van der Waals surface area contributed by atoms with Gasteiger partial charge in [0.05, 0.1) is 18.7 Å². The highest BCUT2D eigenvalue weighted by Gasteiger charge is 2.40. The van der Waals surface area contributed by atoms with Crippen LogP contribution in [0.1, 0.15) is 40.4 Å². The van der Waals surface area contributed by atoms with Crippen LogP contribution < -0.4 is 14.8 Å². The van der Waals surface area contributed by atoms with Crippen LogP contribution in [0, 0.1) is 11.7 Å². The molecule has 4 aromatic rings. The molecule has 0 radical (unpaired) electrons. The minimum Gasteiger partial charge on any atom is -0.496 e. The number of rotatable bonds is 12. The smallest absolute Gasteiger partial charge is 0.416 e. The van der Waals surface area contributed by atoms with E-state index < -0.39 is 12.0 Å². The molecule has 45 heavy (non-hydrogen) atoms. The van der Waals surface area contributed by atoms with Gasteiger partial charge < -0.3 is 19.5 Å². The van der Waals surface area contributed by atoms with E-state index in [4.69, 9.17) is 14.2 Å². The van der Waals surface area contributed by atoms with Crippen molar-refractivity contribution in [3.05, 3.63) is 125 Å². The summed E-state index contributed by atoms with van der Waals surface area (Å²) in [5.74, 6) is 0.0815. The Balaban J connectivity index is 1.23. The molecule has 4 aromatic carbocycles. The van der Waals surface area contributed by atoms with E-state index in [1.165, 1.54) is 24.1 Å². The third-order valence-electron chi connectivity index (χ3n) is 7.77. The van der Waals surface area contributed by atoms with Crippen molar-refractivity contribution in [1.82, 2.24) is 10.2 Å². The predicted octanol–water partition coefficient (Wildman–Crippen LogP) is 6.72. The maximum atomic E-state index is 13.6. The zero-order valence-corrected chi connectivity index (χ0v) is 25.2. The van der Waals surface area contributed by atoms with Crippen molar-refractivity contribution in [1.29, 1.82) is 0 Å². The number of hydrogen-bond acceptors (Lipinski definition) is 6. The van der Waals surface area contributed by atoms with Crippen molar-refractivity contribution < 1.29 is 33.0 Å². The molecule has 2 atom stereocenters. The van der Waals surface area contributed by atoms with E-state index in [2.05, 4.69) is 5.32 Å². The van der Waals surface area contributed by atoms with Gasteiger partial charge in [0, 0.05) is 12.5 Å². The van der Waals surface area contributed by atoms with Crippen LogP contribution in [0.25, 0.3) is 0 Å². The van der Waals surface area contributed by atoms with Crippen LogP contribution >= 0.6 is 0 Å². The second kappa shape index (κ2) is 14.5. The Bertz CT molecular complexity index is 1630. The van der Waals surface area contributed by atoms with Crippen molar-refractivity contribution in [2.75, 3.05) is 13.7 Å². The molecule has 8 nitrogen and oxygen atoms in total. The number of cyclic esters (lactones) is 1. The monoisotopic (exact) mass is 610 g/mol. The van der Waals surface area contributed by atoms with Gasteiger partial charge in [0.2, 0.25) is 5.91 Å². The quantitative estimate of drug-likeness (QED) is 0.192. The molecular formula is C36H35FN2O6. The Morgan fingerprint density at radius 2 is 1.60 bits per heavy atom. The van der Waals surface area contributed by atoms with Gasteiger partial charge in [-0.2, -0.15) is 0 Å². The van der Waals surface area contributed by atoms with E-state index in [0.29, 0.717) is 42.1 Å². The second-order valence-electron chi connectivity index (χ2n) is 10.9. The van der Waals surface area contributed by atoms with E-state index in [9.17, 15) is 18.8 Å². The summed E-state index contributed by atoms with van der Waals surface area (Å²) in [7, 11) is 1.50. The third kappa shape index (κ3) is 7.86. The lowest BCUT2D eigenvalue weighted by atomic mass is 9.93. The van der Waals surface area contributed by atoms with Gasteiger partial charge in [-0.15, -0.1) is 0 Å². The molecule has 1 saturated heterocycles. The highest BCUT2D eigenvalue weighted by atomic mass is 19.1. The minimum absolute atomic E-state index is 0.159. The van der Waals surface area contributed by atoms with E-state index in [1.54, 1.807) is 36.4 Å². The molecule has 1 fully saturated rings. The summed E-state index contributed by atoms with van der Waals surface area (Å²) in [6, 6.07) is 27.6. The maximum absolute atomic E-state index is 13.6. The Morgan fingerprint density at radius 3 is 2.27 bits per heavy atom. The number of ether oxygens (including phenoxy) is 3. The number of hydrogen-bond donors (Lipinski definition) is 1. The van der Waals surface area contributed by atoms with Crippen molar-refractivity contribution in [3.8, 4) is 17.2 Å². The molecular weight excluding hydrogens is 575 g/mol. The molecule has 0 bridgehead atoms. The van der Waals surface area contributed by atoms with Gasteiger partial charge in [-0.3, -0.25) is 9.59 Å². The van der Waals surface area contributed by atoms with Crippen LogP contribution in [0.5, 0.6) is 17.2 Å². The summed E-state index contributed by atoms with van der Waals surface area (Å²) in [6.07, 6.45) is 0.752. The number of halogens is 1. The summed E-state index contributed by atoms with van der Waals surface area (Å²) in [4.78, 5) is 40.8. The summed E-state index contributed by atoms with van der Waals surface area (Å²) in [5, 5.41) is 2.92. The molecule has 0 aromatic heterocycles. The summed E-state index contributed by atoms with van der Waals surface area (Å²) in [5.41, 5.74) is 2.99. The van der Waals surface area contributed by atoms with Crippen molar-refractivity contribution in [2.24, 2.45) is 5.92 Å². The SMILES string of the molecule is CC[C@@H](Cc1ccc(OC)c(C(=O)NCc2ccc(Oc3ccc(F)cc3)cc2)c1)C(=O)N1C(=O)OC[C@H]1Cc1ccccc1. The fourth-order valence-electron chi connectivity index (χ4n) is 5.31. The predicted molar refractivity (Wildman–Crippen MR) is 167 cm³/mol. The van der Waals surface area contributed by atoms with Gasteiger partial charge >= 0.3 is 6.09 Å². The molecule has 9 heteroatoms. The van der Waals surface area contributed by atoms with Crippen LogP contribution in [0.3, 0.4) is 0 Å². The van der Waals surface area contributed by atoms with Crippen LogP contribution in [0.2, 0.25) is 0 Å². The molecule has 1 heterocycles. The lowest BCUT2D eigenvalue weighted by molar-refractivity contribution is -0.133. The number of nitrogens with one attached hydrogen (secondary N) is 1. The summed E-state index contributed by atoms with van der Waals surface area (Å²) in [6.45, 7) is 2.33. The van der Waals surface area contributed by atoms with Gasteiger partial charge in [-0.1, -0.05) is 55.5 Å². The van der Waals surface area contributed by atoms with Crippen LogP contribution in [0.15, 0.2) is 97.1 Å². The molecule has 0 saturated carbocycles. The summed E-state index contributed by atoms with van der Waals surface area (Å²) >= 11 is 0. The standard InChI is InChI=1S/C36H35FN2O6/c1-3-27(35(41)39-29(23-44-36(39)42)20-24-7-5-4-6-8-24)19-26-11-18-33(43-2)32(21-26)34(40)38-22-25-9-14-30(15-10-25)45-31-16-12-28(37)13-17-31/h4-18,21,27,29H,3,19-20,22-23H2,1-2H3,(H,38,40)/t27-,29+/m0/s1. The van der Waals surface area contributed by atoms with Crippen LogP contribution in [-0.2, 0) is 28.9 Å². The molecule has 5 rings (SSSR count). The first-order valence-electron chi connectivity index (χ1n) is 14.9. The fraction of sp³-hybridized carbons (Fsp3) is 0.250.